The lowest BCUT2D eigenvalue weighted by Crippen LogP contribution is -2.30. The normalized spacial score (nSPS) is 10.2. The minimum absolute atomic E-state index is 0.119. The molecule has 0 radical (unpaired) electrons. The molecule has 0 aliphatic carbocycles. The van der Waals surface area contributed by atoms with Crippen molar-refractivity contribution < 1.29 is 14.3 Å². The topological polar surface area (TPSA) is 47.6 Å². The lowest BCUT2D eigenvalue weighted by atomic mass is 10.1. The van der Waals surface area contributed by atoms with Crippen molar-refractivity contribution in [2.24, 2.45) is 0 Å². The van der Waals surface area contributed by atoms with E-state index in [9.17, 15) is 4.79 Å². The van der Waals surface area contributed by atoms with Crippen LogP contribution in [0.3, 0.4) is 0 Å². The fraction of sp³-hybridized carbons (Fsp3) is 0.235. The van der Waals surface area contributed by atoms with Gasteiger partial charge in [0, 0.05) is 6.54 Å². The van der Waals surface area contributed by atoms with Crippen LogP contribution in [0.2, 0.25) is 10.0 Å². The van der Waals surface area contributed by atoms with Crippen LogP contribution in [0.1, 0.15) is 5.56 Å². The van der Waals surface area contributed by atoms with Crippen molar-refractivity contribution in [2.45, 2.75) is 6.42 Å². The highest BCUT2D eigenvalue weighted by Crippen LogP contribution is 2.31. The van der Waals surface area contributed by atoms with Crippen LogP contribution in [0.4, 0.5) is 0 Å². The van der Waals surface area contributed by atoms with Crippen molar-refractivity contribution >= 4 is 29.1 Å². The smallest absolute Gasteiger partial charge is 0.257 e. The molecule has 2 rings (SSSR count). The van der Waals surface area contributed by atoms with Gasteiger partial charge in [-0.1, -0.05) is 47.5 Å². The number of carbonyl (C=O) groups excluding carboxylic acids is 1. The highest BCUT2D eigenvalue weighted by atomic mass is 35.5. The molecule has 2 aromatic rings. The van der Waals surface area contributed by atoms with Gasteiger partial charge in [-0.3, -0.25) is 4.79 Å². The van der Waals surface area contributed by atoms with E-state index in [4.69, 9.17) is 32.7 Å². The third-order valence-corrected chi connectivity index (χ3v) is 3.99. The van der Waals surface area contributed by atoms with Crippen LogP contribution in [-0.2, 0) is 11.2 Å². The molecule has 0 heterocycles. The molecule has 0 saturated heterocycles. The van der Waals surface area contributed by atoms with Gasteiger partial charge in [0.2, 0.25) is 0 Å². The van der Waals surface area contributed by atoms with Crippen molar-refractivity contribution in [3.05, 3.63) is 58.1 Å². The molecular formula is C17H17Cl2NO3. The predicted molar refractivity (Wildman–Crippen MR) is 91.7 cm³/mol. The zero-order valence-electron chi connectivity index (χ0n) is 12.6. The van der Waals surface area contributed by atoms with Gasteiger partial charge in [0.1, 0.15) is 16.5 Å². The van der Waals surface area contributed by atoms with Gasteiger partial charge < -0.3 is 14.8 Å². The number of methoxy groups -OCH3 is 1. The Morgan fingerprint density at radius 1 is 1.09 bits per heavy atom. The molecule has 1 amide bonds. The van der Waals surface area contributed by atoms with Crippen LogP contribution in [0.25, 0.3) is 0 Å². The van der Waals surface area contributed by atoms with Crippen LogP contribution < -0.4 is 14.8 Å². The highest BCUT2D eigenvalue weighted by molar-refractivity contribution is 6.42. The van der Waals surface area contributed by atoms with Crippen LogP contribution in [0, 0.1) is 0 Å². The first-order valence-electron chi connectivity index (χ1n) is 7.07. The monoisotopic (exact) mass is 353 g/mol. The zero-order chi connectivity index (χ0) is 16.7. The van der Waals surface area contributed by atoms with E-state index in [1.165, 1.54) is 0 Å². The van der Waals surface area contributed by atoms with Crippen molar-refractivity contribution in [3.8, 4) is 11.5 Å². The predicted octanol–water partition coefficient (Wildman–Crippen LogP) is 3.74. The summed E-state index contributed by atoms with van der Waals surface area (Å²) in [5, 5.41) is 3.48. The Morgan fingerprint density at radius 3 is 2.61 bits per heavy atom. The molecular weight excluding hydrogens is 337 g/mol. The summed E-state index contributed by atoms with van der Waals surface area (Å²) in [5.41, 5.74) is 1.04. The van der Waals surface area contributed by atoms with E-state index in [1.807, 2.05) is 24.3 Å². The first-order valence-corrected chi connectivity index (χ1v) is 7.83. The molecule has 1 N–H and O–H groups in total. The summed E-state index contributed by atoms with van der Waals surface area (Å²) in [6.45, 7) is 0.373. The molecule has 4 nitrogen and oxygen atoms in total. The second kappa shape index (κ2) is 8.65. The molecule has 0 spiro atoms. The number of hydrogen-bond donors (Lipinski definition) is 1. The van der Waals surface area contributed by atoms with Gasteiger partial charge in [-0.15, -0.1) is 0 Å². The lowest BCUT2D eigenvalue weighted by molar-refractivity contribution is -0.123. The van der Waals surface area contributed by atoms with Gasteiger partial charge >= 0.3 is 0 Å². The quantitative estimate of drug-likeness (QED) is 0.824. The molecule has 6 heteroatoms. The Balaban J connectivity index is 1.78. The summed E-state index contributed by atoms with van der Waals surface area (Å²) in [6.07, 6.45) is 0.674. The number of rotatable bonds is 7. The van der Waals surface area contributed by atoms with Crippen LogP contribution in [0.15, 0.2) is 42.5 Å². The van der Waals surface area contributed by atoms with Crippen LogP contribution in [0.5, 0.6) is 11.5 Å². The Labute approximate surface area is 145 Å². The standard InChI is InChI=1S/C17H17Cl2NO3/c1-22-14-7-3-2-5-12(14)9-10-20-16(21)11-23-15-8-4-6-13(18)17(15)19/h2-8H,9-11H2,1H3,(H,20,21). The van der Waals surface area contributed by atoms with Crippen LogP contribution in [-0.4, -0.2) is 26.2 Å². The summed E-state index contributed by atoms with van der Waals surface area (Å²) in [4.78, 5) is 11.8. The first-order chi connectivity index (χ1) is 11.1. The molecule has 0 bridgehead atoms. The summed E-state index contributed by atoms with van der Waals surface area (Å²) in [5.74, 6) is 0.971. The number of hydrogen-bond acceptors (Lipinski definition) is 3. The van der Waals surface area contributed by atoms with Crippen molar-refractivity contribution in [1.29, 1.82) is 0 Å². The minimum Gasteiger partial charge on any atom is -0.496 e. The highest BCUT2D eigenvalue weighted by Gasteiger charge is 2.08. The van der Waals surface area contributed by atoms with E-state index in [1.54, 1.807) is 25.3 Å². The SMILES string of the molecule is COc1ccccc1CCNC(=O)COc1cccc(Cl)c1Cl. The number of amides is 1. The third kappa shape index (κ3) is 5.05. The second-order valence-electron chi connectivity index (χ2n) is 4.75. The van der Waals surface area contributed by atoms with Gasteiger partial charge in [0.25, 0.3) is 5.91 Å². The average molecular weight is 354 g/mol. The Hall–Kier alpha value is -1.91. The maximum atomic E-state index is 11.8. The average Bonchev–Trinajstić information content (AvgIpc) is 2.56. The molecule has 0 unspecified atom stereocenters. The summed E-state index contributed by atoms with van der Waals surface area (Å²) >= 11 is 11.9. The maximum Gasteiger partial charge on any atom is 0.257 e. The molecule has 0 atom stereocenters. The van der Waals surface area contributed by atoms with Gasteiger partial charge in [-0.25, -0.2) is 0 Å². The molecule has 0 aliphatic heterocycles. The van der Waals surface area contributed by atoms with E-state index in [-0.39, 0.29) is 12.5 Å². The van der Waals surface area contributed by atoms with E-state index >= 15 is 0 Å². The Kier molecular flexibility index (Phi) is 6.56. The third-order valence-electron chi connectivity index (χ3n) is 3.18. The fourth-order valence-corrected chi connectivity index (χ4v) is 2.38. The number of ether oxygens (including phenoxy) is 2. The van der Waals surface area contributed by atoms with Crippen molar-refractivity contribution in [3.63, 3.8) is 0 Å². The Bertz CT molecular complexity index is 677. The molecule has 122 valence electrons. The van der Waals surface area contributed by atoms with E-state index in [0.717, 1.165) is 11.3 Å². The number of benzene rings is 2. The molecule has 23 heavy (non-hydrogen) atoms. The minimum atomic E-state index is -0.226. The summed E-state index contributed by atoms with van der Waals surface area (Å²) in [6, 6.07) is 12.7. The first kappa shape index (κ1) is 17.4. The number of para-hydroxylation sites is 1. The largest absolute Gasteiger partial charge is 0.496 e. The van der Waals surface area contributed by atoms with Gasteiger partial charge in [0.15, 0.2) is 6.61 Å². The Morgan fingerprint density at radius 2 is 1.83 bits per heavy atom. The summed E-state index contributed by atoms with van der Waals surface area (Å²) in [7, 11) is 1.62. The van der Waals surface area contributed by atoms with E-state index in [0.29, 0.717) is 28.8 Å². The maximum absolute atomic E-state index is 11.8. The second-order valence-corrected chi connectivity index (χ2v) is 5.54. The van der Waals surface area contributed by atoms with Crippen molar-refractivity contribution in [2.75, 3.05) is 20.3 Å². The number of nitrogens with one attached hydrogen (secondary N) is 1. The van der Waals surface area contributed by atoms with Gasteiger partial charge in [-0.05, 0) is 30.2 Å². The molecule has 2 aromatic carbocycles. The molecule has 0 saturated carbocycles. The van der Waals surface area contributed by atoms with Gasteiger partial charge in [-0.2, -0.15) is 0 Å². The van der Waals surface area contributed by atoms with E-state index < -0.39 is 0 Å². The van der Waals surface area contributed by atoms with Gasteiger partial charge in [0.05, 0.1) is 12.1 Å². The lowest BCUT2D eigenvalue weighted by Gasteiger charge is -2.10. The zero-order valence-corrected chi connectivity index (χ0v) is 14.2. The van der Waals surface area contributed by atoms with Crippen molar-refractivity contribution in [1.82, 2.24) is 5.32 Å². The van der Waals surface area contributed by atoms with Crippen LogP contribution >= 0.6 is 23.2 Å². The van der Waals surface area contributed by atoms with E-state index in [2.05, 4.69) is 5.32 Å². The molecule has 0 aliphatic rings. The number of carbonyl (C=O) groups is 1. The number of halogens is 2. The fourth-order valence-electron chi connectivity index (χ4n) is 2.04. The molecule has 0 fully saturated rings. The molecule has 0 aromatic heterocycles. The summed E-state index contributed by atoms with van der Waals surface area (Å²) < 4.78 is 10.6.